The van der Waals surface area contributed by atoms with Crippen LogP contribution in [0.3, 0.4) is 0 Å². The maximum atomic E-state index is 13.5. The fourth-order valence-electron chi connectivity index (χ4n) is 2.75. The Bertz CT molecular complexity index is 688. The second-order valence-electron chi connectivity index (χ2n) is 6.31. The van der Waals surface area contributed by atoms with Crippen molar-refractivity contribution in [3.05, 3.63) is 65.6 Å². The number of alkyl halides is 3. The number of furan rings is 1. The molecule has 2 rings (SSSR count). The first kappa shape index (κ1) is 19.5. The van der Waals surface area contributed by atoms with E-state index >= 15 is 0 Å². The summed E-state index contributed by atoms with van der Waals surface area (Å²) in [5, 5.41) is 0. The van der Waals surface area contributed by atoms with E-state index in [0.29, 0.717) is 5.76 Å². The van der Waals surface area contributed by atoms with Gasteiger partial charge in [0, 0.05) is 0 Å². The van der Waals surface area contributed by atoms with E-state index in [-0.39, 0.29) is 0 Å². The number of hydrogen-bond donors (Lipinski definition) is 0. The van der Waals surface area contributed by atoms with Crippen molar-refractivity contribution < 1.29 is 22.0 Å². The smallest absolute Gasteiger partial charge is 0.285 e. The molecule has 0 saturated carbocycles. The zero-order valence-electron chi connectivity index (χ0n) is 14.7. The van der Waals surface area contributed by atoms with Gasteiger partial charge in [0.1, 0.15) is 30.3 Å². The van der Waals surface area contributed by atoms with Crippen molar-refractivity contribution in [1.82, 2.24) is 0 Å². The molecule has 0 fully saturated rings. The van der Waals surface area contributed by atoms with Gasteiger partial charge in [0.25, 0.3) is 8.32 Å². The quantitative estimate of drug-likeness (QED) is 0.576. The molecule has 0 aliphatic rings. The number of halogens is 3. The van der Waals surface area contributed by atoms with Gasteiger partial charge in [-0.2, -0.15) is 0 Å². The fourth-order valence-corrected chi connectivity index (χ4v) is 4.24. The van der Waals surface area contributed by atoms with Gasteiger partial charge in [-0.05, 0) is 49.6 Å². The monoisotopic (exact) mass is 368 g/mol. The topological polar surface area (TPSA) is 22.4 Å². The number of hydrogen-bond acceptors (Lipinski definition) is 2. The van der Waals surface area contributed by atoms with Crippen LogP contribution in [-0.4, -0.2) is 27.2 Å². The lowest BCUT2D eigenvalue weighted by atomic mass is 9.88. The summed E-state index contributed by atoms with van der Waals surface area (Å²) in [6, 6.07) is 12.9. The van der Waals surface area contributed by atoms with Crippen LogP contribution in [0.1, 0.15) is 32.1 Å². The van der Waals surface area contributed by atoms with Crippen molar-refractivity contribution in [2.45, 2.75) is 26.4 Å². The van der Waals surface area contributed by atoms with Crippen molar-refractivity contribution >= 4 is 13.9 Å². The van der Waals surface area contributed by atoms with Gasteiger partial charge in [-0.3, -0.25) is 13.2 Å². The van der Waals surface area contributed by atoms with E-state index in [2.05, 4.69) is 0 Å². The maximum absolute atomic E-state index is 13.5. The summed E-state index contributed by atoms with van der Waals surface area (Å²) < 4.78 is 51.8. The molecular formula is C19H23F3O2Si. The lowest BCUT2D eigenvalue weighted by Gasteiger charge is -2.38. The predicted octanol–water partition coefficient (Wildman–Crippen LogP) is 5.48. The molecule has 0 bridgehead atoms. The molecule has 0 N–H and O–H groups in total. The summed E-state index contributed by atoms with van der Waals surface area (Å²) in [6.45, 7) is 5.40. The Kier molecular flexibility index (Phi) is 6.29. The summed E-state index contributed by atoms with van der Waals surface area (Å²) in [5.41, 5.74) is 1.31. The molecule has 136 valence electrons. The molecule has 0 radical (unpaired) electrons. The van der Waals surface area contributed by atoms with Crippen LogP contribution in [0.2, 0.25) is 0 Å². The largest absolute Gasteiger partial charge is 0.466 e. The van der Waals surface area contributed by atoms with Crippen molar-refractivity contribution in [2.75, 3.05) is 18.9 Å². The first-order valence-corrected chi connectivity index (χ1v) is 10.6. The molecule has 0 aliphatic heterocycles. The molecular weight excluding hydrogens is 345 g/mol. The molecule has 0 saturated heterocycles. The molecule has 0 spiro atoms. The number of benzene rings is 1. The van der Waals surface area contributed by atoms with Gasteiger partial charge in [-0.25, -0.2) is 0 Å². The molecule has 0 amide bonds. The van der Waals surface area contributed by atoms with Crippen LogP contribution in [0.15, 0.2) is 58.7 Å². The maximum Gasteiger partial charge on any atom is 0.285 e. The minimum absolute atomic E-state index is 0.396. The Labute approximate surface area is 147 Å². The second-order valence-corrected chi connectivity index (χ2v) is 9.68. The fraction of sp³-hybridized carbons (Fsp3) is 0.368. The summed E-state index contributed by atoms with van der Waals surface area (Å²) in [6.07, 6.45) is -1.93. The normalized spacial score (nSPS) is 15.6. The molecule has 1 atom stereocenters. The van der Waals surface area contributed by atoms with Crippen LogP contribution >= 0.6 is 0 Å². The number of rotatable bonds is 8. The third-order valence-electron chi connectivity index (χ3n) is 4.63. The standard InChI is InChI=1S/C19H23F3O2Si/c1-15(17-8-5-4-6-9-17)16(2)19(3,18-10-7-11-23-18)24-25(12-20,13-21)14-22/h4-11H,12-14H2,1-3H3. The Hall–Kier alpha value is -1.79. The van der Waals surface area contributed by atoms with E-state index in [9.17, 15) is 13.2 Å². The van der Waals surface area contributed by atoms with Crippen LogP contribution in [-0.2, 0) is 10.0 Å². The van der Waals surface area contributed by atoms with Gasteiger partial charge < -0.3 is 8.84 Å². The molecule has 25 heavy (non-hydrogen) atoms. The zero-order valence-corrected chi connectivity index (χ0v) is 15.7. The molecule has 1 unspecified atom stereocenters. The van der Waals surface area contributed by atoms with Crippen LogP contribution < -0.4 is 0 Å². The number of allylic oxidation sites excluding steroid dienone is 1. The highest BCUT2D eigenvalue weighted by Gasteiger charge is 2.46. The van der Waals surface area contributed by atoms with E-state index < -0.39 is 32.8 Å². The van der Waals surface area contributed by atoms with Gasteiger partial charge >= 0.3 is 0 Å². The third-order valence-corrected chi connectivity index (χ3v) is 6.93. The van der Waals surface area contributed by atoms with E-state index in [0.717, 1.165) is 16.7 Å². The van der Waals surface area contributed by atoms with Crippen LogP contribution in [0, 0.1) is 0 Å². The third kappa shape index (κ3) is 3.90. The van der Waals surface area contributed by atoms with E-state index in [1.165, 1.54) is 6.26 Å². The van der Waals surface area contributed by atoms with Crippen LogP contribution in [0.5, 0.6) is 0 Å². The van der Waals surface area contributed by atoms with Crippen molar-refractivity contribution in [1.29, 1.82) is 0 Å². The average molecular weight is 368 g/mol. The highest BCUT2D eigenvalue weighted by atomic mass is 28.4. The molecule has 2 nitrogen and oxygen atoms in total. The first-order chi connectivity index (χ1) is 11.9. The lowest BCUT2D eigenvalue weighted by molar-refractivity contribution is 0.0763. The summed E-state index contributed by atoms with van der Waals surface area (Å²) in [7, 11) is -3.81. The van der Waals surface area contributed by atoms with E-state index in [4.69, 9.17) is 8.84 Å². The van der Waals surface area contributed by atoms with Crippen molar-refractivity contribution in [3.63, 3.8) is 0 Å². The van der Waals surface area contributed by atoms with Gasteiger partial charge in [0.2, 0.25) is 0 Å². The molecule has 1 heterocycles. The summed E-state index contributed by atoms with van der Waals surface area (Å²) >= 11 is 0. The summed E-state index contributed by atoms with van der Waals surface area (Å²) in [5.74, 6) is 0.396. The van der Waals surface area contributed by atoms with Crippen molar-refractivity contribution in [3.8, 4) is 0 Å². The molecule has 2 aromatic rings. The molecule has 1 aromatic carbocycles. The Morgan fingerprint density at radius 2 is 1.60 bits per heavy atom. The Morgan fingerprint density at radius 3 is 2.08 bits per heavy atom. The van der Waals surface area contributed by atoms with Crippen LogP contribution in [0.4, 0.5) is 13.2 Å². The SMILES string of the molecule is CC(=C(C)C(C)(O[Si](CF)(CF)CF)c1ccco1)c1ccccc1. The van der Waals surface area contributed by atoms with E-state index in [1.807, 2.05) is 44.2 Å². The lowest BCUT2D eigenvalue weighted by Crippen LogP contribution is -2.53. The van der Waals surface area contributed by atoms with Gasteiger partial charge in [-0.15, -0.1) is 0 Å². The Balaban J connectivity index is 2.57. The zero-order chi connectivity index (χ0) is 18.5. The average Bonchev–Trinajstić information content (AvgIpc) is 3.21. The molecule has 1 aromatic heterocycles. The Morgan fingerprint density at radius 1 is 1.00 bits per heavy atom. The van der Waals surface area contributed by atoms with Crippen LogP contribution in [0.25, 0.3) is 5.57 Å². The minimum Gasteiger partial charge on any atom is -0.466 e. The summed E-state index contributed by atoms with van der Waals surface area (Å²) in [4.78, 5) is 0. The highest BCUT2D eigenvalue weighted by molar-refractivity contribution is 6.73. The van der Waals surface area contributed by atoms with Gasteiger partial charge in [-0.1, -0.05) is 30.3 Å². The van der Waals surface area contributed by atoms with E-state index in [1.54, 1.807) is 19.1 Å². The highest BCUT2D eigenvalue weighted by Crippen LogP contribution is 2.40. The minimum atomic E-state index is -3.81. The van der Waals surface area contributed by atoms with Gasteiger partial charge in [0.15, 0.2) is 0 Å². The molecule has 6 heteroatoms. The predicted molar refractivity (Wildman–Crippen MR) is 95.5 cm³/mol. The molecule has 0 aliphatic carbocycles. The van der Waals surface area contributed by atoms with Gasteiger partial charge in [0.05, 0.1) is 6.26 Å². The second kappa shape index (κ2) is 8.06. The first-order valence-electron chi connectivity index (χ1n) is 8.08. The van der Waals surface area contributed by atoms with Crippen molar-refractivity contribution in [2.24, 2.45) is 0 Å².